The molecular formula is C20H13Cl2N3O. The van der Waals surface area contributed by atoms with Gasteiger partial charge in [0.2, 0.25) is 0 Å². The largest absolute Gasteiger partial charge is 0.306 e. The highest BCUT2D eigenvalue weighted by atomic mass is 35.5. The minimum Gasteiger partial charge on any atom is -0.306 e. The number of hydrogen-bond acceptors (Lipinski definition) is 2. The van der Waals surface area contributed by atoms with Crippen LogP contribution >= 0.6 is 23.2 Å². The lowest BCUT2D eigenvalue weighted by Crippen LogP contribution is -2.13. The number of halogens is 2. The van der Waals surface area contributed by atoms with Gasteiger partial charge in [0.05, 0.1) is 5.02 Å². The zero-order valence-corrected chi connectivity index (χ0v) is 15.0. The van der Waals surface area contributed by atoms with Gasteiger partial charge in [0.15, 0.2) is 0 Å². The minimum absolute atomic E-state index is 0.220. The van der Waals surface area contributed by atoms with Crippen molar-refractivity contribution in [1.82, 2.24) is 9.38 Å². The number of amides is 1. The number of anilines is 1. The molecule has 1 N–H and O–H groups in total. The zero-order chi connectivity index (χ0) is 18.1. The van der Waals surface area contributed by atoms with Gasteiger partial charge in [-0.05, 0) is 36.4 Å². The van der Waals surface area contributed by atoms with E-state index in [9.17, 15) is 4.79 Å². The number of fused-ring (bicyclic) bond motifs is 1. The Morgan fingerprint density at radius 3 is 2.31 bits per heavy atom. The number of benzene rings is 2. The molecule has 1 amide bonds. The van der Waals surface area contributed by atoms with Crippen LogP contribution in [0.4, 0.5) is 5.82 Å². The SMILES string of the molecule is O=C(Nc1c(-c2ccc(Cl)cc2)nc2ccc(Cl)cn12)c1ccccc1. The van der Waals surface area contributed by atoms with E-state index in [-0.39, 0.29) is 5.91 Å². The normalized spacial score (nSPS) is 10.8. The Balaban J connectivity index is 1.85. The molecule has 4 nitrogen and oxygen atoms in total. The van der Waals surface area contributed by atoms with Crippen LogP contribution in [0.1, 0.15) is 10.4 Å². The summed E-state index contributed by atoms with van der Waals surface area (Å²) in [5.74, 6) is 0.335. The monoisotopic (exact) mass is 381 g/mol. The van der Waals surface area contributed by atoms with Crippen molar-refractivity contribution in [2.24, 2.45) is 0 Å². The molecule has 0 unspecified atom stereocenters. The maximum atomic E-state index is 12.7. The van der Waals surface area contributed by atoms with Gasteiger partial charge in [-0.25, -0.2) is 4.98 Å². The fraction of sp³-hybridized carbons (Fsp3) is 0. The topological polar surface area (TPSA) is 46.4 Å². The van der Waals surface area contributed by atoms with Gasteiger partial charge >= 0.3 is 0 Å². The molecule has 0 atom stereocenters. The van der Waals surface area contributed by atoms with Gasteiger partial charge in [0.25, 0.3) is 5.91 Å². The van der Waals surface area contributed by atoms with Gasteiger partial charge < -0.3 is 5.32 Å². The summed E-state index contributed by atoms with van der Waals surface area (Å²) in [6, 6.07) is 19.9. The fourth-order valence-electron chi connectivity index (χ4n) is 2.72. The van der Waals surface area contributed by atoms with Gasteiger partial charge in [-0.1, -0.05) is 53.5 Å². The number of rotatable bonds is 3. The van der Waals surface area contributed by atoms with E-state index in [0.717, 1.165) is 5.56 Å². The first kappa shape index (κ1) is 16.6. The quantitative estimate of drug-likeness (QED) is 0.504. The highest BCUT2D eigenvalue weighted by Gasteiger charge is 2.17. The maximum Gasteiger partial charge on any atom is 0.256 e. The Hall–Kier alpha value is -2.82. The molecule has 2 heterocycles. The molecule has 0 radical (unpaired) electrons. The van der Waals surface area contributed by atoms with E-state index < -0.39 is 0 Å². The van der Waals surface area contributed by atoms with E-state index in [1.807, 2.05) is 30.3 Å². The second-order valence-corrected chi connectivity index (χ2v) is 6.58. The Kier molecular flexibility index (Phi) is 4.37. The molecule has 2 aromatic carbocycles. The number of hydrogen-bond donors (Lipinski definition) is 1. The van der Waals surface area contributed by atoms with Crippen molar-refractivity contribution < 1.29 is 4.79 Å². The second-order valence-electron chi connectivity index (χ2n) is 5.71. The molecule has 0 saturated heterocycles. The summed E-state index contributed by atoms with van der Waals surface area (Å²) in [6.45, 7) is 0. The van der Waals surface area contributed by atoms with Crippen molar-refractivity contribution in [2.45, 2.75) is 0 Å². The Labute approximate surface area is 160 Å². The van der Waals surface area contributed by atoms with E-state index in [2.05, 4.69) is 10.3 Å². The Morgan fingerprint density at radius 2 is 1.58 bits per heavy atom. The van der Waals surface area contributed by atoms with Crippen LogP contribution in [0.3, 0.4) is 0 Å². The van der Waals surface area contributed by atoms with Gasteiger partial charge in [0, 0.05) is 22.3 Å². The van der Waals surface area contributed by atoms with Crippen LogP contribution in [-0.4, -0.2) is 15.3 Å². The number of carbonyl (C=O) groups excluding carboxylic acids is 1. The van der Waals surface area contributed by atoms with Crippen LogP contribution in [0.15, 0.2) is 72.9 Å². The minimum atomic E-state index is -0.220. The second kappa shape index (κ2) is 6.83. The third-order valence-corrected chi connectivity index (χ3v) is 4.44. The third kappa shape index (κ3) is 3.17. The van der Waals surface area contributed by atoms with Gasteiger partial charge in [-0.3, -0.25) is 9.20 Å². The summed E-state index contributed by atoms with van der Waals surface area (Å²) < 4.78 is 1.77. The van der Waals surface area contributed by atoms with Crippen molar-refractivity contribution in [1.29, 1.82) is 0 Å². The molecule has 0 bridgehead atoms. The molecule has 4 rings (SSSR count). The third-order valence-electron chi connectivity index (χ3n) is 3.97. The molecule has 128 valence electrons. The first-order valence-electron chi connectivity index (χ1n) is 7.92. The first-order valence-corrected chi connectivity index (χ1v) is 8.67. The molecule has 0 fully saturated rings. The number of nitrogens with one attached hydrogen (secondary N) is 1. The Bertz CT molecular complexity index is 1090. The van der Waals surface area contributed by atoms with Crippen LogP contribution in [-0.2, 0) is 0 Å². The van der Waals surface area contributed by atoms with E-state index >= 15 is 0 Å². The number of imidazole rings is 1. The molecule has 0 aliphatic heterocycles. The van der Waals surface area contributed by atoms with Crippen LogP contribution in [0.25, 0.3) is 16.9 Å². The summed E-state index contributed by atoms with van der Waals surface area (Å²) in [7, 11) is 0. The van der Waals surface area contributed by atoms with Crippen molar-refractivity contribution >= 4 is 40.6 Å². The molecule has 0 aliphatic rings. The smallest absolute Gasteiger partial charge is 0.256 e. The van der Waals surface area contributed by atoms with Crippen molar-refractivity contribution in [2.75, 3.05) is 5.32 Å². The zero-order valence-electron chi connectivity index (χ0n) is 13.5. The molecular weight excluding hydrogens is 369 g/mol. The van der Waals surface area contributed by atoms with Crippen LogP contribution in [0, 0.1) is 0 Å². The lowest BCUT2D eigenvalue weighted by atomic mass is 10.1. The summed E-state index contributed by atoms with van der Waals surface area (Å²) in [5.41, 5.74) is 2.74. The molecule has 6 heteroatoms. The fourth-order valence-corrected chi connectivity index (χ4v) is 3.00. The summed E-state index contributed by atoms with van der Waals surface area (Å²) in [6.07, 6.45) is 1.73. The Morgan fingerprint density at radius 1 is 0.885 bits per heavy atom. The van der Waals surface area contributed by atoms with E-state index in [1.54, 1.807) is 47.0 Å². The average Bonchev–Trinajstić information content (AvgIpc) is 3.01. The van der Waals surface area contributed by atoms with E-state index in [0.29, 0.717) is 32.8 Å². The number of nitrogens with zero attached hydrogens (tertiary/aromatic N) is 2. The molecule has 2 aromatic heterocycles. The number of pyridine rings is 1. The van der Waals surface area contributed by atoms with Gasteiger partial charge in [-0.2, -0.15) is 0 Å². The predicted octanol–water partition coefficient (Wildman–Crippen LogP) is 5.56. The highest BCUT2D eigenvalue weighted by molar-refractivity contribution is 6.31. The summed E-state index contributed by atoms with van der Waals surface area (Å²) in [4.78, 5) is 17.3. The van der Waals surface area contributed by atoms with Crippen molar-refractivity contribution in [3.63, 3.8) is 0 Å². The first-order chi connectivity index (χ1) is 12.6. The lowest BCUT2D eigenvalue weighted by molar-refractivity contribution is 0.102. The van der Waals surface area contributed by atoms with Crippen LogP contribution in [0.2, 0.25) is 10.0 Å². The molecule has 0 aliphatic carbocycles. The molecule has 0 spiro atoms. The van der Waals surface area contributed by atoms with Gasteiger partial charge in [-0.15, -0.1) is 0 Å². The predicted molar refractivity (Wildman–Crippen MR) is 105 cm³/mol. The van der Waals surface area contributed by atoms with Crippen LogP contribution < -0.4 is 5.32 Å². The highest BCUT2D eigenvalue weighted by Crippen LogP contribution is 2.31. The van der Waals surface area contributed by atoms with Crippen LogP contribution in [0.5, 0.6) is 0 Å². The molecule has 0 saturated carbocycles. The molecule has 26 heavy (non-hydrogen) atoms. The maximum absolute atomic E-state index is 12.7. The standard InChI is InChI=1S/C20H13Cl2N3O/c21-15-8-6-13(7-9-15)18-19(24-20(26)14-4-2-1-3-5-14)25-12-16(22)10-11-17(25)23-18/h1-12H,(H,24,26). The van der Waals surface area contributed by atoms with Gasteiger partial charge in [0.1, 0.15) is 17.2 Å². The van der Waals surface area contributed by atoms with Crippen molar-refractivity contribution in [3.8, 4) is 11.3 Å². The van der Waals surface area contributed by atoms with E-state index in [4.69, 9.17) is 23.2 Å². The van der Waals surface area contributed by atoms with E-state index in [1.165, 1.54) is 0 Å². The lowest BCUT2D eigenvalue weighted by Gasteiger charge is -2.08. The number of carbonyl (C=O) groups is 1. The molecule has 4 aromatic rings. The number of aromatic nitrogens is 2. The summed E-state index contributed by atoms with van der Waals surface area (Å²) >= 11 is 12.1. The van der Waals surface area contributed by atoms with Crippen molar-refractivity contribution in [3.05, 3.63) is 88.5 Å². The summed E-state index contributed by atoms with van der Waals surface area (Å²) in [5, 5.41) is 4.14. The average molecular weight is 382 g/mol.